The molecule has 0 bridgehead atoms. The maximum absolute atomic E-state index is 13.1. The fraction of sp³-hybridized carbons (Fsp3) is 0.158. The largest absolute Gasteiger partial charge is 0.333 e. The normalized spacial score (nSPS) is 13.3. The molecule has 0 N–H and O–H groups in total. The molecule has 4 rings (SSSR count). The number of halogens is 1. The van der Waals surface area contributed by atoms with E-state index in [-0.39, 0.29) is 17.3 Å². The van der Waals surface area contributed by atoms with Gasteiger partial charge in [-0.1, -0.05) is 0 Å². The quantitative estimate of drug-likeness (QED) is 0.709. The van der Waals surface area contributed by atoms with Crippen LogP contribution in [0, 0.1) is 5.82 Å². The Kier molecular flexibility index (Phi) is 4.04. The Labute approximate surface area is 148 Å². The first kappa shape index (κ1) is 16.1. The highest BCUT2D eigenvalue weighted by Gasteiger charge is 2.23. The van der Waals surface area contributed by atoms with Crippen molar-refractivity contribution >= 4 is 5.91 Å². The topological polar surface area (TPSA) is 68.1 Å². The van der Waals surface area contributed by atoms with Crippen molar-refractivity contribution in [3.8, 4) is 5.69 Å². The van der Waals surface area contributed by atoms with E-state index in [1.807, 2.05) is 0 Å². The van der Waals surface area contributed by atoms with Gasteiger partial charge < -0.3 is 4.90 Å². The lowest BCUT2D eigenvalue weighted by Crippen LogP contribution is -2.37. The lowest BCUT2D eigenvalue weighted by atomic mass is 10.0. The maximum Gasteiger partial charge on any atom is 0.272 e. The molecule has 26 heavy (non-hydrogen) atoms. The van der Waals surface area contributed by atoms with Crippen LogP contribution in [-0.4, -0.2) is 31.9 Å². The SMILES string of the molecule is O=C(c1ccncn1)N1CCc2cc(=O)n(-c3ccc(F)cc3)cc2C1. The third-order valence-corrected chi connectivity index (χ3v) is 4.44. The van der Waals surface area contributed by atoms with Crippen LogP contribution >= 0.6 is 0 Å². The summed E-state index contributed by atoms with van der Waals surface area (Å²) in [5.74, 6) is -0.529. The van der Waals surface area contributed by atoms with Gasteiger partial charge in [-0.2, -0.15) is 0 Å². The molecule has 0 spiro atoms. The average Bonchev–Trinajstić information content (AvgIpc) is 2.68. The summed E-state index contributed by atoms with van der Waals surface area (Å²) >= 11 is 0. The van der Waals surface area contributed by atoms with E-state index in [4.69, 9.17) is 0 Å². The number of carbonyl (C=O) groups excluding carboxylic acids is 1. The van der Waals surface area contributed by atoms with Gasteiger partial charge in [-0.3, -0.25) is 14.2 Å². The van der Waals surface area contributed by atoms with Crippen LogP contribution < -0.4 is 5.56 Å². The highest BCUT2D eigenvalue weighted by molar-refractivity contribution is 5.92. The number of rotatable bonds is 2. The minimum absolute atomic E-state index is 0.169. The van der Waals surface area contributed by atoms with E-state index in [2.05, 4.69) is 9.97 Å². The maximum atomic E-state index is 13.1. The zero-order valence-corrected chi connectivity index (χ0v) is 13.8. The Balaban J connectivity index is 1.66. The van der Waals surface area contributed by atoms with Gasteiger partial charge in [0.05, 0.1) is 0 Å². The molecule has 3 aromatic rings. The highest BCUT2D eigenvalue weighted by atomic mass is 19.1. The molecule has 1 amide bonds. The van der Waals surface area contributed by atoms with Crippen molar-refractivity contribution in [1.82, 2.24) is 19.4 Å². The Morgan fingerprint density at radius 1 is 1.12 bits per heavy atom. The smallest absolute Gasteiger partial charge is 0.272 e. The molecule has 3 heterocycles. The number of hydrogen-bond donors (Lipinski definition) is 0. The van der Waals surface area contributed by atoms with E-state index in [0.29, 0.717) is 30.9 Å². The molecule has 1 aromatic carbocycles. The molecule has 0 atom stereocenters. The van der Waals surface area contributed by atoms with E-state index >= 15 is 0 Å². The average molecular weight is 350 g/mol. The molecule has 0 fully saturated rings. The monoisotopic (exact) mass is 350 g/mol. The fourth-order valence-electron chi connectivity index (χ4n) is 3.08. The molecule has 130 valence electrons. The third-order valence-electron chi connectivity index (χ3n) is 4.44. The molecule has 0 radical (unpaired) electrons. The Morgan fingerprint density at radius 3 is 2.65 bits per heavy atom. The number of fused-ring (bicyclic) bond motifs is 1. The molecular weight excluding hydrogens is 335 g/mol. The number of carbonyl (C=O) groups is 1. The van der Waals surface area contributed by atoms with Gasteiger partial charge in [0.25, 0.3) is 11.5 Å². The summed E-state index contributed by atoms with van der Waals surface area (Å²) in [5.41, 5.74) is 2.57. The minimum Gasteiger partial charge on any atom is -0.333 e. The van der Waals surface area contributed by atoms with Crippen molar-refractivity contribution in [2.75, 3.05) is 6.54 Å². The van der Waals surface area contributed by atoms with E-state index in [0.717, 1.165) is 11.1 Å². The molecule has 0 saturated carbocycles. The molecule has 0 unspecified atom stereocenters. The summed E-state index contributed by atoms with van der Waals surface area (Å²) in [7, 11) is 0. The van der Waals surface area contributed by atoms with Crippen molar-refractivity contribution in [1.29, 1.82) is 0 Å². The summed E-state index contributed by atoms with van der Waals surface area (Å²) in [6, 6.07) is 8.90. The number of hydrogen-bond acceptors (Lipinski definition) is 4. The van der Waals surface area contributed by atoms with Crippen molar-refractivity contribution in [2.45, 2.75) is 13.0 Å². The van der Waals surface area contributed by atoms with E-state index < -0.39 is 0 Å². The van der Waals surface area contributed by atoms with Gasteiger partial charge in [-0.05, 0) is 47.9 Å². The Morgan fingerprint density at radius 2 is 1.92 bits per heavy atom. The van der Waals surface area contributed by atoms with Gasteiger partial charge in [0.1, 0.15) is 17.8 Å². The fourth-order valence-corrected chi connectivity index (χ4v) is 3.08. The van der Waals surface area contributed by atoms with Crippen molar-refractivity contribution in [3.63, 3.8) is 0 Å². The first-order valence-corrected chi connectivity index (χ1v) is 8.17. The molecular formula is C19H15FN4O2. The first-order valence-electron chi connectivity index (χ1n) is 8.17. The second-order valence-electron chi connectivity index (χ2n) is 6.08. The van der Waals surface area contributed by atoms with Crippen LogP contribution in [-0.2, 0) is 13.0 Å². The first-order chi connectivity index (χ1) is 12.6. The zero-order valence-electron chi connectivity index (χ0n) is 13.8. The molecule has 1 aliphatic rings. The predicted molar refractivity (Wildman–Crippen MR) is 92.5 cm³/mol. The summed E-state index contributed by atoms with van der Waals surface area (Å²) < 4.78 is 14.6. The van der Waals surface area contributed by atoms with Crippen LogP contribution in [0.4, 0.5) is 4.39 Å². The predicted octanol–water partition coefficient (Wildman–Crippen LogP) is 1.97. The second kappa shape index (κ2) is 6.51. The molecule has 2 aromatic heterocycles. The summed E-state index contributed by atoms with van der Waals surface area (Å²) in [6.45, 7) is 0.912. The van der Waals surface area contributed by atoms with Crippen LogP contribution in [0.1, 0.15) is 21.6 Å². The van der Waals surface area contributed by atoms with Gasteiger partial charge in [0, 0.05) is 37.2 Å². The van der Waals surface area contributed by atoms with Crippen molar-refractivity contribution in [2.24, 2.45) is 0 Å². The van der Waals surface area contributed by atoms with Gasteiger partial charge in [0.2, 0.25) is 0 Å². The van der Waals surface area contributed by atoms with Gasteiger partial charge in [0.15, 0.2) is 0 Å². The van der Waals surface area contributed by atoms with Gasteiger partial charge >= 0.3 is 0 Å². The van der Waals surface area contributed by atoms with Gasteiger partial charge in [-0.25, -0.2) is 14.4 Å². The van der Waals surface area contributed by atoms with Gasteiger partial charge in [-0.15, -0.1) is 0 Å². The van der Waals surface area contributed by atoms with E-state index in [1.54, 1.807) is 35.4 Å². The molecule has 0 saturated heterocycles. The Bertz CT molecular complexity index is 1020. The zero-order chi connectivity index (χ0) is 18.1. The summed E-state index contributed by atoms with van der Waals surface area (Å²) in [6.07, 6.45) is 5.21. The summed E-state index contributed by atoms with van der Waals surface area (Å²) in [5, 5.41) is 0. The number of benzene rings is 1. The molecule has 0 aliphatic carbocycles. The van der Waals surface area contributed by atoms with Crippen LogP contribution in [0.5, 0.6) is 0 Å². The molecule has 7 heteroatoms. The Hall–Kier alpha value is -3.35. The second-order valence-corrected chi connectivity index (χ2v) is 6.08. The highest BCUT2D eigenvalue weighted by Crippen LogP contribution is 2.20. The number of amides is 1. The number of aromatic nitrogens is 3. The van der Waals surface area contributed by atoms with Crippen LogP contribution in [0.25, 0.3) is 5.69 Å². The van der Waals surface area contributed by atoms with Crippen molar-refractivity contribution < 1.29 is 9.18 Å². The van der Waals surface area contributed by atoms with E-state index in [9.17, 15) is 14.0 Å². The summed E-state index contributed by atoms with van der Waals surface area (Å²) in [4.78, 5) is 34.5. The van der Waals surface area contributed by atoms with Crippen LogP contribution in [0.15, 0.2) is 59.9 Å². The molecule has 6 nitrogen and oxygen atoms in total. The van der Waals surface area contributed by atoms with Crippen LogP contribution in [0.3, 0.4) is 0 Å². The minimum atomic E-state index is -0.360. The molecule has 1 aliphatic heterocycles. The third kappa shape index (κ3) is 2.99. The lowest BCUT2D eigenvalue weighted by molar-refractivity contribution is 0.0728. The van der Waals surface area contributed by atoms with E-state index in [1.165, 1.54) is 29.2 Å². The van der Waals surface area contributed by atoms with Crippen molar-refractivity contribution in [3.05, 3.63) is 88.1 Å². The number of pyridine rings is 1. The standard InChI is InChI=1S/C19H15FN4O2/c20-15-1-3-16(4-2-15)24-11-14-10-23(8-6-13(14)9-18(24)25)19(26)17-5-7-21-12-22-17/h1-5,7,9,11-12H,6,8,10H2. The van der Waals surface area contributed by atoms with Crippen LogP contribution in [0.2, 0.25) is 0 Å². The number of nitrogens with zero attached hydrogens (tertiary/aromatic N) is 4. The lowest BCUT2D eigenvalue weighted by Gasteiger charge is -2.29.